The molecule has 0 spiro atoms. The molecule has 5 rings (SSSR count). The molecule has 0 bridgehead atoms. The van der Waals surface area contributed by atoms with Crippen molar-refractivity contribution in [2.24, 2.45) is 20.5 Å². The van der Waals surface area contributed by atoms with Gasteiger partial charge in [0.2, 0.25) is 0 Å². The first kappa shape index (κ1) is 38.3. The van der Waals surface area contributed by atoms with Crippen molar-refractivity contribution < 1.29 is 99.6 Å². The minimum Gasteiger partial charge on any atom is -0.871 e. The van der Waals surface area contributed by atoms with Gasteiger partial charge in [-0.25, -0.2) is 8.42 Å². The summed E-state index contributed by atoms with van der Waals surface area (Å²) >= 11 is 0. The summed E-state index contributed by atoms with van der Waals surface area (Å²) in [4.78, 5) is -0.898. The number of anilines is 1. The van der Waals surface area contributed by atoms with Crippen LogP contribution in [0.4, 0.5) is 28.4 Å². The van der Waals surface area contributed by atoms with E-state index in [0.29, 0.717) is 17.1 Å². The van der Waals surface area contributed by atoms with E-state index in [-0.39, 0.29) is 110 Å². The second-order valence-electron chi connectivity index (χ2n) is 9.43. The number of hydrogen-bond acceptors (Lipinski definition) is 13. The Morgan fingerprint density at radius 3 is 2.11 bits per heavy atom. The van der Waals surface area contributed by atoms with Gasteiger partial charge in [0.05, 0.1) is 46.3 Å². The Labute approximate surface area is 313 Å². The number of rotatable bonds is 9. The predicted octanol–water partition coefficient (Wildman–Crippen LogP) is 0.0457. The van der Waals surface area contributed by atoms with E-state index in [4.69, 9.17) is 15.2 Å². The Morgan fingerprint density at radius 1 is 0.766 bits per heavy atom. The van der Waals surface area contributed by atoms with Gasteiger partial charge in [-0.15, -0.1) is 10.2 Å². The summed E-state index contributed by atoms with van der Waals surface area (Å²) in [6.45, 7) is 1.90. The zero-order valence-corrected chi connectivity index (χ0v) is 31.2. The van der Waals surface area contributed by atoms with Gasteiger partial charge in [-0.3, -0.25) is 4.55 Å². The summed E-state index contributed by atoms with van der Waals surface area (Å²) in [5.74, 6) is -0.0124. The van der Waals surface area contributed by atoms with Crippen molar-refractivity contribution in [1.29, 1.82) is 0 Å². The molecule has 0 radical (unpaired) electrons. The van der Waals surface area contributed by atoms with Crippen LogP contribution in [0.3, 0.4) is 0 Å². The molecule has 0 aromatic heterocycles. The molecule has 18 heteroatoms. The maximum absolute atomic E-state index is 12.8. The number of hydrogen-bond donors (Lipinski definition) is 2. The molecular weight excluding hydrogens is 672 g/mol. The van der Waals surface area contributed by atoms with E-state index in [0.717, 1.165) is 24.3 Å². The molecular formula is C29H23N5Na2O9S2. The monoisotopic (exact) mass is 695 g/mol. The van der Waals surface area contributed by atoms with Crippen LogP contribution in [0.15, 0.2) is 103 Å². The van der Waals surface area contributed by atoms with Gasteiger partial charge in [0, 0.05) is 28.3 Å². The van der Waals surface area contributed by atoms with Crippen molar-refractivity contribution >= 4 is 70.2 Å². The topological polar surface area (TPSA) is 229 Å². The molecule has 0 unspecified atom stereocenters. The fourth-order valence-electron chi connectivity index (χ4n) is 4.46. The van der Waals surface area contributed by atoms with Crippen LogP contribution in [-0.2, 0) is 20.2 Å². The third-order valence-corrected chi connectivity index (χ3v) is 8.26. The molecule has 0 aliphatic heterocycles. The van der Waals surface area contributed by atoms with Gasteiger partial charge in [0.1, 0.15) is 27.3 Å². The Hall–Kier alpha value is -3.16. The fraction of sp³-hybridized carbons (Fsp3) is 0.103. The van der Waals surface area contributed by atoms with Crippen LogP contribution in [-0.4, -0.2) is 39.7 Å². The van der Waals surface area contributed by atoms with Crippen molar-refractivity contribution in [3.05, 3.63) is 72.8 Å². The van der Waals surface area contributed by atoms with E-state index < -0.39 is 35.8 Å². The van der Waals surface area contributed by atoms with Gasteiger partial charge < -0.3 is 24.9 Å². The molecule has 47 heavy (non-hydrogen) atoms. The second-order valence-corrected chi connectivity index (χ2v) is 12.2. The van der Waals surface area contributed by atoms with Gasteiger partial charge in [0.25, 0.3) is 10.1 Å². The Morgan fingerprint density at radius 2 is 1.45 bits per heavy atom. The number of nitrogen functional groups attached to an aromatic ring is 1. The zero-order valence-electron chi connectivity index (χ0n) is 25.5. The van der Waals surface area contributed by atoms with Crippen molar-refractivity contribution in [2.45, 2.75) is 16.7 Å². The maximum atomic E-state index is 12.8. The number of ether oxygens (including phenoxy) is 2. The summed E-state index contributed by atoms with van der Waals surface area (Å²) < 4.78 is 79.2. The first-order chi connectivity index (χ1) is 21.3. The van der Waals surface area contributed by atoms with Crippen LogP contribution in [0.1, 0.15) is 6.92 Å². The summed E-state index contributed by atoms with van der Waals surface area (Å²) in [6.07, 6.45) is 0. The Bertz CT molecular complexity index is 2270. The normalized spacial score (nSPS) is 11.9. The number of nitrogens with zero attached hydrogens (tertiary/aromatic N) is 4. The molecule has 14 nitrogen and oxygen atoms in total. The molecule has 5 aromatic rings. The largest absolute Gasteiger partial charge is 1.00 e. The number of azo groups is 2. The summed E-state index contributed by atoms with van der Waals surface area (Å²) in [6, 6.07) is 15.9. The minimum atomic E-state index is -4.74. The van der Waals surface area contributed by atoms with Crippen molar-refractivity contribution in [1.82, 2.24) is 0 Å². The van der Waals surface area contributed by atoms with Gasteiger partial charge in [0.15, 0.2) is 0 Å². The van der Waals surface area contributed by atoms with Crippen LogP contribution in [0, 0.1) is 0 Å². The second kappa shape index (κ2) is 15.4. The van der Waals surface area contributed by atoms with Gasteiger partial charge in [-0.1, -0.05) is 30.0 Å². The van der Waals surface area contributed by atoms with Crippen molar-refractivity contribution in [3.63, 3.8) is 0 Å². The first-order valence-electron chi connectivity index (χ1n) is 13.0. The van der Waals surface area contributed by atoms with Crippen LogP contribution in [0.5, 0.6) is 17.2 Å². The molecule has 0 saturated heterocycles. The van der Waals surface area contributed by atoms with Gasteiger partial charge >= 0.3 is 59.1 Å². The van der Waals surface area contributed by atoms with Crippen LogP contribution >= 0.6 is 0 Å². The van der Waals surface area contributed by atoms with Gasteiger partial charge in [-0.2, -0.15) is 18.6 Å². The van der Waals surface area contributed by atoms with E-state index in [1.54, 1.807) is 25.1 Å². The summed E-state index contributed by atoms with van der Waals surface area (Å²) in [7, 11) is -7.92. The third-order valence-electron chi connectivity index (χ3n) is 6.58. The fourth-order valence-corrected chi connectivity index (χ4v) is 5.47. The number of benzene rings is 5. The molecule has 0 saturated carbocycles. The smallest absolute Gasteiger partial charge is 0.871 e. The average molecular weight is 696 g/mol. The standard InChI is InChI=1S/C29H25N5O9S2.2Na/c1-3-43-27-15-24(32-31-17-5-10-23(30)26(13-17)42-2)22-14-19(45(39,40)41)7-9-21(22)29(27)34-33-28-20-8-6-18(44(36,37)38)12-16(20)4-11-25(28)35;;/h4-15,35H,3,30H2,1-2H3,(H,36,37,38)(H,39,40,41);;/q;2*+1/p-2. The molecule has 0 heterocycles. The van der Waals surface area contributed by atoms with Crippen LogP contribution < -0.4 is 79.4 Å². The van der Waals surface area contributed by atoms with E-state index >= 15 is 0 Å². The summed E-state index contributed by atoms with van der Waals surface area (Å²) in [5.41, 5.74) is 6.73. The quantitative estimate of drug-likeness (QED) is 0.0911. The molecule has 0 aliphatic rings. The molecule has 0 atom stereocenters. The maximum Gasteiger partial charge on any atom is 1.00 e. The van der Waals surface area contributed by atoms with Crippen molar-refractivity contribution in [2.75, 3.05) is 19.5 Å². The van der Waals surface area contributed by atoms with E-state index in [1.807, 2.05) is 0 Å². The number of methoxy groups -OCH3 is 1. The Kier molecular flexibility index (Phi) is 12.5. The third kappa shape index (κ3) is 8.47. The average Bonchev–Trinajstić information content (AvgIpc) is 2.99. The van der Waals surface area contributed by atoms with E-state index in [9.17, 15) is 31.0 Å². The van der Waals surface area contributed by atoms with Crippen molar-refractivity contribution in [3.8, 4) is 17.2 Å². The first-order valence-corrected chi connectivity index (χ1v) is 15.8. The zero-order chi connectivity index (χ0) is 32.5. The SMILES string of the molecule is CCOc1cc(N=Nc2ccc(N)c(OC)c2)c2cc(S(=O)(=O)O)ccc2c1N=Nc1c([O-])ccc2cc(S(=O)(=O)[O-])ccc12.[Na+].[Na+]. The molecule has 0 amide bonds. The minimum absolute atomic E-state index is 0. The number of fused-ring (bicyclic) bond motifs is 2. The van der Waals surface area contributed by atoms with Gasteiger partial charge in [-0.05, 0) is 48.7 Å². The molecule has 232 valence electrons. The predicted molar refractivity (Wildman–Crippen MR) is 162 cm³/mol. The molecule has 3 N–H and O–H groups in total. The summed E-state index contributed by atoms with van der Waals surface area (Å²) in [5, 5.41) is 30.8. The van der Waals surface area contributed by atoms with E-state index in [2.05, 4.69) is 20.5 Å². The molecule has 0 fully saturated rings. The molecule has 0 aliphatic carbocycles. The molecule has 5 aromatic carbocycles. The van der Waals surface area contributed by atoms with Crippen LogP contribution in [0.2, 0.25) is 0 Å². The number of nitrogens with two attached hydrogens (primary N) is 1. The van der Waals surface area contributed by atoms with E-state index in [1.165, 1.54) is 37.4 Å². The Balaban J connectivity index is 0.00000300. The van der Waals surface area contributed by atoms with Crippen LogP contribution in [0.25, 0.3) is 21.5 Å².